The van der Waals surface area contributed by atoms with E-state index in [4.69, 9.17) is 11.6 Å². The first kappa shape index (κ1) is 20.1. The molecular weight excluding hydrogens is 402 g/mol. The standard InChI is InChI=1S/C18H18ClN5O3S/c1-21-28(26,27)14-4-5-16(19)15(11-14)18(25)24-9-7-23(8-10-24)17-13(12-20)3-2-6-22-17/h2-6,11,21H,7-10H2,1H3. The van der Waals surface area contributed by atoms with E-state index >= 15 is 0 Å². The molecule has 0 radical (unpaired) electrons. The second-order valence-corrected chi connectivity index (χ2v) is 8.41. The van der Waals surface area contributed by atoms with Crippen LogP contribution in [0, 0.1) is 11.3 Å². The molecule has 0 spiro atoms. The Morgan fingerprint density at radius 3 is 2.61 bits per heavy atom. The van der Waals surface area contributed by atoms with Crippen molar-refractivity contribution in [2.45, 2.75) is 4.90 Å². The van der Waals surface area contributed by atoms with E-state index in [1.807, 2.05) is 4.90 Å². The fourth-order valence-corrected chi connectivity index (χ4v) is 3.94. The molecular formula is C18H18ClN5O3S. The normalized spacial score (nSPS) is 14.6. The molecule has 10 heteroatoms. The molecule has 8 nitrogen and oxygen atoms in total. The van der Waals surface area contributed by atoms with Crippen LogP contribution < -0.4 is 9.62 Å². The number of amides is 1. The number of benzene rings is 1. The minimum absolute atomic E-state index is 0.0199. The Morgan fingerprint density at radius 2 is 1.96 bits per heavy atom. The van der Waals surface area contributed by atoms with E-state index in [1.54, 1.807) is 23.2 Å². The lowest BCUT2D eigenvalue weighted by molar-refractivity contribution is 0.0746. The van der Waals surface area contributed by atoms with Crippen LogP contribution in [0.4, 0.5) is 5.82 Å². The second kappa shape index (κ2) is 8.14. The van der Waals surface area contributed by atoms with Crippen molar-refractivity contribution in [2.75, 3.05) is 38.1 Å². The summed E-state index contributed by atoms with van der Waals surface area (Å²) in [6, 6.07) is 9.57. The molecule has 1 fully saturated rings. The van der Waals surface area contributed by atoms with E-state index in [-0.39, 0.29) is 21.4 Å². The van der Waals surface area contributed by atoms with Gasteiger partial charge >= 0.3 is 0 Å². The lowest BCUT2D eigenvalue weighted by Gasteiger charge is -2.35. The first-order valence-corrected chi connectivity index (χ1v) is 10.4. The fraction of sp³-hybridized carbons (Fsp3) is 0.278. The van der Waals surface area contributed by atoms with Crippen LogP contribution in [0.5, 0.6) is 0 Å². The van der Waals surface area contributed by atoms with Crippen molar-refractivity contribution >= 4 is 33.3 Å². The summed E-state index contributed by atoms with van der Waals surface area (Å²) in [6.45, 7) is 1.81. The number of nitrogens with one attached hydrogen (secondary N) is 1. The summed E-state index contributed by atoms with van der Waals surface area (Å²) in [5.74, 6) is 0.261. The second-order valence-electron chi connectivity index (χ2n) is 6.11. The van der Waals surface area contributed by atoms with Crippen LogP contribution in [-0.4, -0.2) is 57.4 Å². The Balaban J connectivity index is 1.77. The molecule has 28 heavy (non-hydrogen) atoms. The highest BCUT2D eigenvalue weighted by Crippen LogP contribution is 2.24. The minimum Gasteiger partial charge on any atom is -0.352 e. The van der Waals surface area contributed by atoms with Crippen LogP contribution in [0.15, 0.2) is 41.4 Å². The van der Waals surface area contributed by atoms with Crippen molar-refractivity contribution in [1.82, 2.24) is 14.6 Å². The van der Waals surface area contributed by atoms with Gasteiger partial charge in [-0.1, -0.05) is 11.6 Å². The molecule has 0 unspecified atom stereocenters. The third-order valence-corrected chi connectivity index (χ3v) is 6.26. The predicted molar refractivity (Wildman–Crippen MR) is 105 cm³/mol. The van der Waals surface area contributed by atoms with Gasteiger partial charge in [-0.2, -0.15) is 5.26 Å². The Hall–Kier alpha value is -2.67. The quantitative estimate of drug-likeness (QED) is 0.804. The number of pyridine rings is 1. The molecule has 3 rings (SSSR count). The topological polar surface area (TPSA) is 106 Å². The summed E-state index contributed by atoms with van der Waals surface area (Å²) in [5, 5.41) is 9.42. The Morgan fingerprint density at radius 1 is 1.25 bits per heavy atom. The van der Waals surface area contributed by atoms with Crippen molar-refractivity contribution in [3.8, 4) is 6.07 Å². The molecule has 1 saturated heterocycles. The number of nitriles is 1. The molecule has 1 amide bonds. The highest BCUT2D eigenvalue weighted by molar-refractivity contribution is 7.89. The number of aromatic nitrogens is 1. The average Bonchev–Trinajstić information content (AvgIpc) is 2.73. The summed E-state index contributed by atoms with van der Waals surface area (Å²) < 4.78 is 26.2. The van der Waals surface area contributed by atoms with Crippen molar-refractivity contribution < 1.29 is 13.2 Å². The Bertz CT molecular complexity index is 1040. The summed E-state index contributed by atoms with van der Waals surface area (Å²) in [4.78, 5) is 20.7. The predicted octanol–water partition coefficient (Wildman–Crippen LogP) is 1.48. The zero-order valence-electron chi connectivity index (χ0n) is 15.1. The third kappa shape index (κ3) is 3.94. The van der Waals surface area contributed by atoms with Crippen molar-refractivity contribution in [3.63, 3.8) is 0 Å². The van der Waals surface area contributed by atoms with Crippen molar-refractivity contribution in [3.05, 3.63) is 52.7 Å². The smallest absolute Gasteiger partial charge is 0.255 e. The van der Waals surface area contributed by atoms with Gasteiger partial charge in [0, 0.05) is 32.4 Å². The Kier molecular flexibility index (Phi) is 5.84. The van der Waals surface area contributed by atoms with Gasteiger partial charge in [-0.25, -0.2) is 18.1 Å². The fourth-order valence-electron chi connectivity index (χ4n) is 2.98. The number of anilines is 1. The van der Waals surface area contributed by atoms with E-state index < -0.39 is 10.0 Å². The maximum absolute atomic E-state index is 12.9. The summed E-state index contributed by atoms with van der Waals surface area (Å²) >= 11 is 6.15. The highest BCUT2D eigenvalue weighted by atomic mass is 35.5. The number of hydrogen-bond donors (Lipinski definition) is 1. The van der Waals surface area contributed by atoms with E-state index in [0.717, 1.165) is 0 Å². The molecule has 0 atom stereocenters. The molecule has 1 aliphatic heterocycles. The van der Waals surface area contributed by atoms with E-state index in [9.17, 15) is 18.5 Å². The largest absolute Gasteiger partial charge is 0.352 e. The van der Waals surface area contributed by atoms with Gasteiger partial charge in [0.1, 0.15) is 11.9 Å². The molecule has 1 aliphatic rings. The minimum atomic E-state index is -3.68. The van der Waals surface area contributed by atoms with E-state index in [2.05, 4.69) is 15.8 Å². The molecule has 0 saturated carbocycles. The van der Waals surface area contributed by atoms with Crippen LogP contribution in [0.1, 0.15) is 15.9 Å². The van der Waals surface area contributed by atoms with Gasteiger partial charge < -0.3 is 9.80 Å². The van der Waals surface area contributed by atoms with E-state index in [0.29, 0.717) is 37.6 Å². The van der Waals surface area contributed by atoms with Gasteiger partial charge in [0.25, 0.3) is 5.91 Å². The van der Waals surface area contributed by atoms with Gasteiger partial charge in [0.2, 0.25) is 10.0 Å². The lowest BCUT2D eigenvalue weighted by atomic mass is 10.1. The van der Waals surface area contributed by atoms with Crippen LogP contribution in [0.2, 0.25) is 5.02 Å². The van der Waals surface area contributed by atoms with Crippen LogP contribution in [0.3, 0.4) is 0 Å². The summed E-state index contributed by atoms with van der Waals surface area (Å²) in [6.07, 6.45) is 1.63. The first-order valence-electron chi connectivity index (χ1n) is 8.50. The number of nitrogens with zero attached hydrogens (tertiary/aromatic N) is 4. The molecule has 0 bridgehead atoms. The number of carbonyl (C=O) groups is 1. The monoisotopic (exact) mass is 419 g/mol. The zero-order valence-corrected chi connectivity index (χ0v) is 16.7. The number of hydrogen-bond acceptors (Lipinski definition) is 6. The van der Waals surface area contributed by atoms with Gasteiger partial charge in [-0.3, -0.25) is 4.79 Å². The Labute approximate surface area is 168 Å². The lowest BCUT2D eigenvalue weighted by Crippen LogP contribution is -2.49. The molecule has 1 N–H and O–H groups in total. The van der Waals surface area contributed by atoms with Gasteiger partial charge in [-0.05, 0) is 37.4 Å². The SMILES string of the molecule is CNS(=O)(=O)c1ccc(Cl)c(C(=O)N2CCN(c3ncccc3C#N)CC2)c1. The van der Waals surface area contributed by atoms with Crippen LogP contribution in [0.25, 0.3) is 0 Å². The number of rotatable bonds is 4. The molecule has 2 heterocycles. The number of piperazine rings is 1. The number of sulfonamides is 1. The maximum atomic E-state index is 12.9. The zero-order chi connectivity index (χ0) is 20.3. The first-order chi connectivity index (χ1) is 13.4. The van der Waals surface area contributed by atoms with Crippen molar-refractivity contribution in [2.24, 2.45) is 0 Å². The third-order valence-electron chi connectivity index (χ3n) is 4.52. The molecule has 2 aromatic rings. The number of carbonyl (C=O) groups excluding carboxylic acids is 1. The van der Waals surface area contributed by atoms with Gasteiger partial charge in [0.05, 0.1) is 21.0 Å². The highest BCUT2D eigenvalue weighted by Gasteiger charge is 2.26. The molecule has 0 aliphatic carbocycles. The molecule has 146 valence electrons. The van der Waals surface area contributed by atoms with Crippen LogP contribution >= 0.6 is 11.6 Å². The number of halogens is 1. The molecule has 1 aromatic heterocycles. The van der Waals surface area contributed by atoms with Gasteiger partial charge in [0.15, 0.2) is 0 Å². The van der Waals surface area contributed by atoms with Crippen molar-refractivity contribution in [1.29, 1.82) is 5.26 Å². The van der Waals surface area contributed by atoms with Gasteiger partial charge in [-0.15, -0.1) is 0 Å². The van der Waals surface area contributed by atoms with E-state index in [1.165, 1.54) is 25.2 Å². The maximum Gasteiger partial charge on any atom is 0.255 e. The summed E-state index contributed by atoms with van der Waals surface area (Å²) in [5.41, 5.74) is 0.622. The van der Waals surface area contributed by atoms with Crippen LogP contribution in [-0.2, 0) is 10.0 Å². The molecule has 1 aromatic carbocycles. The summed E-state index contributed by atoms with van der Waals surface area (Å²) in [7, 11) is -2.38. The average molecular weight is 420 g/mol.